The first kappa shape index (κ1) is 19.7. The first-order valence-electron chi connectivity index (χ1n) is 10.6. The van der Waals surface area contributed by atoms with Gasteiger partial charge in [-0.1, -0.05) is 12.1 Å². The Hall–Kier alpha value is -3.26. The van der Waals surface area contributed by atoms with E-state index in [0.717, 1.165) is 28.2 Å². The maximum atomic E-state index is 12.7. The van der Waals surface area contributed by atoms with E-state index in [4.69, 9.17) is 0 Å². The molecule has 0 spiro atoms. The number of fused-ring (bicyclic) bond motifs is 1. The number of rotatable bonds is 7. The number of amides is 1. The second-order valence-corrected chi connectivity index (χ2v) is 8.99. The highest BCUT2D eigenvalue weighted by atomic mass is 32.1. The van der Waals surface area contributed by atoms with E-state index in [1.165, 1.54) is 17.7 Å². The maximum absolute atomic E-state index is 12.7. The molecule has 1 aliphatic rings. The second-order valence-electron chi connectivity index (χ2n) is 7.87. The summed E-state index contributed by atoms with van der Waals surface area (Å²) in [6.07, 6.45) is 6.10. The average Bonchev–Trinajstić information content (AvgIpc) is 3.35. The number of anilines is 2. The van der Waals surface area contributed by atoms with Gasteiger partial charge in [0.2, 0.25) is 5.65 Å². The Balaban J connectivity index is 1.27. The molecule has 31 heavy (non-hydrogen) atoms. The number of nitrogens with zero attached hydrogens (tertiary/aromatic N) is 4. The number of hydrogen-bond donors (Lipinski definition) is 2. The van der Waals surface area contributed by atoms with Gasteiger partial charge in [0.15, 0.2) is 0 Å². The van der Waals surface area contributed by atoms with Crippen molar-refractivity contribution in [2.24, 2.45) is 0 Å². The lowest BCUT2D eigenvalue weighted by atomic mass is 10.1. The molecule has 0 saturated heterocycles. The molecule has 3 heterocycles. The summed E-state index contributed by atoms with van der Waals surface area (Å²) < 4.78 is 1.82. The van der Waals surface area contributed by atoms with Gasteiger partial charge >= 0.3 is 0 Å². The van der Waals surface area contributed by atoms with Crippen molar-refractivity contribution in [2.75, 3.05) is 10.6 Å². The minimum absolute atomic E-state index is 0.0138. The molecule has 3 aromatic heterocycles. The van der Waals surface area contributed by atoms with Crippen LogP contribution in [0, 0.1) is 0 Å². The SMILES string of the molecule is CCn1cc2ncc(N[C@@H](C)c3cccc(NC(=O)c4ccc(C5CC5)s4)c3)nc2n1. The zero-order chi connectivity index (χ0) is 21.4. The molecule has 1 aromatic carbocycles. The van der Waals surface area contributed by atoms with Crippen LogP contribution in [0.5, 0.6) is 0 Å². The number of hydrogen-bond acceptors (Lipinski definition) is 6. The van der Waals surface area contributed by atoms with Gasteiger partial charge in [0.1, 0.15) is 11.3 Å². The third-order valence-corrected chi connectivity index (χ3v) is 6.69. The lowest BCUT2D eigenvalue weighted by Gasteiger charge is -2.16. The molecule has 4 aromatic rings. The molecule has 0 bridgehead atoms. The molecule has 1 aliphatic carbocycles. The highest BCUT2D eigenvalue weighted by Crippen LogP contribution is 2.43. The molecule has 0 aliphatic heterocycles. The minimum atomic E-state index is -0.0579. The Morgan fingerprint density at radius 1 is 1.29 bits per heavy atom. The molecule has 1 atom stereocenters. The lowest BCUT2D eigenvalue weighted by molar-refractivity contribution is 0.103. The predicted octanol–water partition coefficient (Wildman–Crippen LogP) is 5.21. The standard InChI is InChI=1S/C23H24N6OS/c1-3-29-13-18-22(28-29)27-21(12-24-18)25-14(2)16-5-4-6-17(11-16)26-23(30)20-10-9-19(31-20)15-7-8-15/h4-6,9-15H,3,7-8H2,1-2H3,(H,26,30)(H,25,27,28)/t14-/m0/s1. The van der Waals surface area contributed by atoms with Crippen LogP contribution in [0.25, 0.3) is 11.2 Å². The first-order chi connectivity index (χ1) is 15.1. The van der Waals surface area contributed by atoms with Crippen molar-refractivity contribution in [3.8, 4) is 0 Å². The van der Waals surface area contributed by atoms with Crippen molar-refractivity contribution < 1.29 is 4.79 Å². The van der Waals surface area contributed by atoms with Crippen molar-refractivity contribution in [2.45, 2.75) is 45.2 Å². The van der Waals surface area contributed by atoms with Crippen LogP contribution in [-0.2, 0) is 6.54 Å². The summed E-state index contributed by atoms with van der Waals surface area (Å²) >= 11 is 1.60. The van der Waals surface area contributed by atoms with Crippen molar-refractivity contribution in [1.82, 2.24) is 19.7 Å². The van der Waals surface area contributed by atoms with Crippen LogP contribution in [0.4, 0.5) is 11.5 Å². The maximum Gasteiger partial charge on any atom is 0.265 e. The highest BCUT2D eigenvalue weighted by molar-refractivity contribution is 7.14. The Bertz CT molecular complexity index is 1240. The molecule has 158 valence electrons. The Morgan fingerprint density at radius 3 is 2.97 bits per heavy atom. The third kappa shape index (κ3) is 4.29. The number of aromatic nitrogens is 4. The zero-order valence-electron chi connectivity index (χ0n) is 17.5. The van der Waals surface area contributed by atoms with E-state index in [0.29, 0.717) is 17.4 Å². The Kier molecular flexibility index (Phi) is 5.15. The highest BCUT2D eigenvalue weighted by Gasteiger charge is 2.26. The van der Waals surface area contributed by atoms with Gasteiger partial charge in [-0.2, -0.15) is 5.10 Å². The van der Waals surface area contributed by atoms with Crippen molar-refractivity contribution >= 4 is 39.9 Å². The molecule has 8 heteroatoms. The fourth-order valence-electron chi connectivity index (χ4n) is 3.52. The molecule has 1 fully saturated rings. The van der Waals surface area contributed by atoms with E-state index >= 15 is 0 Å². The van der Waals surface area contributed by atoms with E-state index in [-0.39, 0.29) is 11.9 Å². The van der Waals surface area contributed by atoms with Crippen LogP contribution < -0.4 is 10.6 Å². The number of thiophene rings is 1. The summed E-state index contributed by atoms with van der Waals surface area (Å²) in [7, 11) is 0. The second kappa shape index (κ2) is 8.11. The predicted molar refractivity (Wildman–Crippen MR) is 124 cm³/mol. The van der Waals surface area contributed by atoms with Crippen LogP contribution in [0.3, 0.4) is 0 Å². The van der Waals surface area contributed by atoms with Crippen LogP contribution >= 0.6 is 11.3 Å². The topological polar surface area (TPSA) is 84.7 Å². The molecular weight excluding hydrogens is 408 g/mol. The summed E-state index contributed by atoms with van der Waals surface area (Å²) in [5, 5.41) is 10.8. The molecule has 0 radical (unpaired) electrons. The van der Waals surface area contributed by atoms with E-state index in [1.807, 2.05) is 48.1 Å². The summed E-state index contributed by atoms with van der Waals surface area (Å²) in [6.45, 7) is 4.87. The van der Waals surface area contributed by atoms with Gasteiger partial charge in [-0.15, -0.1) is 11.3 Å². The van der Waals surface area contributed by atoms with Crippen LogP contribution in [0.15, 0.2) is 48.8 Å². The zero-order valence-corrected chi connectivity index (χ0v) is 18.3. The van der Waals surface area contributed by atoms with Crippen molar-refractivity contribution in [1.29, 1.82) is 0 Å². The quantitative estimate of drug-likeness (QED) is 0.419. The Labute approximate surface area is 184 Å². The molecule has 1 amide bonds. The monoisotopic (exact) mass is 432 g/mol. The van der Waals surface area contributed by atoms with Gasteiger partial charge in [-0.05, 0) is 62.4 Å². The summed E-state index contributed by atoms with van der Waals surface area (Å²) in [6, 6.07) is 11.9. The van der Waals surface area contributed by atoms with Crippen molar-refractivity contribution in [3.05, 3.63) is 64.1 Å². The smallest absolute Gasteiger partial charge is 0.265 e. The Morgan fingerprint density at radius 2 is 2.16 bits per heavy atom. The van der Waals surface area contributed by atoms with Crippen molar-refractivity contribution in [3.63, 3.8) is 0 Å². The van der Waals surface area contributed by atoms with Gasteiger partial charge in [-0.25, -0.2) is 9.97 Å². The number of carbonyl (C=O) groups is 1. The summed E-state index contributed by atoms with van der Waals surface area (Å²) in [5.74, 6) is 1.28. The van der Waals surface area contributed by atoms with E-state index in [9.17, 15) is 4.79 Å². The lowest BCUT2D eigenvalue weighted by Crippen LogP contribution is -2.12. The largest absolute Gasteiger partial charge is 0.362 e. The van der Waals surface area contributed by atoms with E-state index in [2.05, 4.69) is 38.7 Å². The van der Waals surface area contributed by atoms with Crippen LogP contribution in [-0.4, -0.2) is 25.7 Å². The fourth-order valence-corrected chi connectivity index (χ4v) is 4.59. The molecule has 2 N–H and O–H groups in total. The summed E-state index contributed by atoms with van der Waals surface area (Å²) in [5.41, 5.74) is 3.23. The number of benzene rings is 1. The molecule has 5 rings (SSSR count). The molecular formula is C23H24N6OS. The number of aryl methyl sites for hydroxylation is 1. The average molecular weight is 433 g/mol. The van der Waals surface area contributed by atoms with E-state index < -0.39 is 0 Å². The van der Waals surface area contributed by atoms with Crippen LogP contribution in [0.1, 0.15) is 58.8 Å². The molecule has 0 unspecified atom stereocenters. The first-order valence-corrected chi connectivity index (χ1v) is 11.4. The summed E-state index contributed by atoms with van der Waals surface area (Å²) in [4.78, 5) is 23.7. The van der Waals surface area contributed by atoms with E-state index in [1.54, 1.807) is 17.5 Å². The normalized spacial score (nSPS) is 14.5. The fraction of sp³-hybridized carbons (Fsp3) is 0.304. The number of carbonyl (C=O) groups excluding carboxylic acids is 1. The van der Waals surface area contributed by atoms with Gasteiger partial charge in [0, 0.05) is 17.1 Å². The minimum Gasteiger partial charge on any atom is -0.362 e. The van der Waals surface area contributed by atoms with Crippen LogP contribution in [0.2, 0.25) is 0 Å². The van der Waals surface area contributed by atoms with Gasteiger partial charge in [0.25, 0.3) is 5.91 Å². The number of nitrogens with one attached hydrogen (secondary N) is 2. The van der Waals surface area contributed by atoms with Gasteiger partial charge < -0.3 is 10.6 Å². The molecule has 1 saturated carbocycles. The molecule has 7 nitrogen and oxygen atoms in total. The van der Waals surface area contributed by atoms with Gasteiger partial charge in [0.05, 0.1) is 23.3 Å². The van der Waals surface area contributed by atoms with Gasteiger partial charge in [-0.3, -0.25) is 9.48 Å². The third-order valence-electron chi connectivity index (χ3n) is 5.44.